The maximum Gasteiger partial charge on any atom is 0.302 e. The van der Waals surface area contributed by atoms with E-state index >= 15 is 0 Å². The van der Waals surface area contributed by atoms with Crippen molar-refractivity contribution < 1.29 is 23.8 Å². The molecule has 0 fully saturated rings. The largest absolute Gasteiger partial charge is 0.491 e. The summed E-state index contributed by atoms with van der Waals surface area (Å²) < 4.78 is 15.4. The molecular formula is C14H19NO5. The topological polar surface area (TPSA) is 73.9 Å². The molecule has 6 nitrogen and oxygen atoms in total. The summed E-state index contributed by atoms with van der Waals surface area (Å²) in [5.74, 6) is 0.270. The zero-order valence-electron chi connectivity index (χ0n) is 11.7. The molecule has 0 radical (unpaired) electrons. The van der Waals surface area contributed by atoms with E-state index in [0.717, 1.165) is 5.69 Å². The fourth-order valence-electron chi connectivity index (χ4n) is 1.40. The lowest BCUT2D eigenvalue weighted by Crippen LogP contribution is -2.12. The fourth-order valence-corrected chi connectivity index (χ4v) is 1.40. The Morgan fingerprint density at radius 1 is 1.00 bits per heavy atom. The number of hydrogen-bond acceptors (Lipinski definition) is 5. The third kappa shape index (κ3) is 7.38. The van der Waals surface area contributed by atoms with Crippen LogP contribution in [0.4, 0.5) is 5.69 Å². The minimum absolute atomic E-state index is 0.111. The summed E-state index contributed by atoms with van der Waals surface area (Å²) in [6.45, 7) is 4.23. The predicted molar refractivity (Wildman–Crippen MR) is 73.7 cm³/mol. The van der Waals surface area contributed by atoms with Crippen molar-refractivity contribution in [1.29, 1.82) is 0 Å². The third-order valence-corrected chi connectivity index (χ3v) is 2.20. The molecule has 0 aliphatic rings. The number of rotatable bonds is 8. The van der Waals surface area contributed by atoms with Crippen LogP contribution >= 0.6 is 0 Å². The van der Waals surface area contributed by atoms with Crippen molar-refractivity contribution in [3.05, 3.63) is 24.3 Å². The smallest absolute Gasteiger partial charge is 0.302 e. The fraction of sp³-hybridized carbons (Fsp3) is 0.429. The molecule has 20 heavy (non-hydrogen) atoms. The van der Waals surface area contributed by atoms with Crippen LogP contribution in [0.3, 0.4) is 0 Å². The van der Waals surface area contributed by atoms with E-state index in [1.54, 1.807) is 24.3 Å². The summed E-state index contributed by atoms with van der Waals surface area (Å²) in [5.41, 5.74) is 0.725. The molecule has 1 aromatic rings. The number of carbonyl (C=O) groups is 2. The van der Waals surface area contributed by atoms with Gasteiger partial charge in [-0.25, -0.2) is 0 Å². The van der Waals surface area contributed by atoms with E-state index in [1.807, 2.05) is 0 Å². The Balaban J connectivity index is 2.13. The summed E-state index contributed by atoms with van der Waals surface area (Å²) in [4.78, 5) is 21.3. The van der Waals surface area contributed by atoms with Gasteiger partial charge in [0.1, 0.15) is 19.0 Å². The number of amides is 1. The first-order chi connectivity index (χ1) is 9.58. The first-order valence-corrected chi connectivity index (χ1v) is 6.29. The molecule has 0 heterocycles. The van der Waals surface area contributed by atoms with E-state index in [1.165, 1.54) is 13.8 Å². The van der Waals surface area contributed by atoms with Crippen LogP contribution in [0.25, 0.3) is 0 Å². The van der Waals surface area contributed by atoms with E-state index in [4.69, 9.17) is 14.2 Å². The molecule has 0 aromatic heterocycles. The lowest BCUT2D eigenvalue weighted by atomic mass is 10.3. The van der Waals surface area contributed by atoms with E-state index in [-0.39, 0.29) is 18.5 Å². The van der Waals surface area contributed by atoms with E-state index in [2.05, 4.69) is 5.32 Å². The van der Waals surface area contributed by atoms with Gasteiger partial charge in [0.25, 0.3) is 0 Å². The number of ether oxygens (including phenoxy) is 3. The van der Waals surface area contributed by atoms with Gasteiger partial charge in [-0.05, 0) is 24.3 Å². The zero-order valence-corrected chi connectivity index (χ0v) is 11.7. The van der Waals surface area contributed by atoms with Crippen molar-refractivity contribution in [3.63, 3.8) is 0 Å². The second-order valence-electron chi connectivity index (χ2n) is 4.01. The summed E-state index contributed by atoms with van der Waals surface area (Å²) in [6, 6.07) is 7.06. The van der Waals surface area contributed by atoms with Gasteiger partial charge < -0.3 is 19.5 Å². The van der Waals surface area contributed by atoms with Crippen molar-refractivity contribution in [2.45, 2.75) is 13.8 Å². The Morgan fingerprint density at radius 2 is 1.65 bits per heavy atom. The van der Waals surface area contributed by atoms with Crippen molar-refractivity contribution in [2.24, 2.45) is 0 Å². The summed E-state index contributed by atoms with van der Waals surface area (Å²) >= 11 is 0. The molecular weight excluding hydrogens is 262 g/mol. The maximum atomic E-state index is 10.8. The first-order valence-electron chi connectivity index (χ1n) is 6.29. The highest BCUT2D eigenvalue weighted by Crippen LogP contribution is 2.15. The lowest BCUT2D eigenvalue weighted by molar-refractivity contribution is -0.142. The van der Waals surface area contributed by atoms with E-state index in [9.17, 15) is 9.59 Å². The number of nitrogens with one attached hydrogen (secondary N) is 1. The Morgan fingerprint density at radius 3 is 2.25 bits per heavy atom. The highest BCUT2D eigenvalue weighted by molar-refractivity contribution is 5.88. The molecule has 1 rings (SSSR count). The Hall–Kier alpha value is -2.08. The minimum Gasteiger partial charge on any atom is -0.491 e. The Kier molecular flexibility index (Phi) is 7.13. The van der Waals surface area contributed by atoms with Crippen molar-refractivity contribution in [2.75, 3.05) is 31.7 Å². The third-order valence-electron chi connectivity index (χ3n) is 2.20. The molecule has 0 aliphatic heterocycles. The minimum atomic E-state index is -0.316. The van der Waals surface area contributed by atoms with Crippen LogP contribution < -0.4 is 10.1 Å². The normalized spacial score (nSPS) is 9.90. The second-order valence-corrected chi connectivity index (χ2v) is 4.01. The Labute approximate surface area is 118 Å². The molecule has 6 heteroatoms. The van der Waals surface area contributed by atoms with Crippen LogP contribution in [0.1, 0.15) is 13.8 Å². The standard InChI is InChI=1S/C14H19NO5/c1-11(16)15-13-3-5-14(6-4-13)20-10-8-18-7-9-19-12(2)17/h3-6H,7-10H2,1-2H3,(H,15,16). The van der Waals surface area contributed by atoms with Gasteiger partial charge in [-0.3, -0.25) is 9.59 Å². The monoisotopic (exact) mass is 281 g/mol. The molecule has 1 aromatic carbocycles. The van der Waals surface area contributed by atoms with Gasteiger partial charge in [-0.1, -0.05) is 0 Å². The first kappa shape index (κ1) is 16.0. The van der Waals surface area contributed by atoms with Crippen LogP contribution in [0, 0.1) is 0 Å². The van der Waals surface area contributed by atoms with Crippen molar-refractivity contribution in [1.82, 2.24) is 0 Å². The van der Waals surface area contributed by atoms with Gasteiger partial charge in [-0.2, -0.15) is 0 Å². The van der Waals surface area contributed by atoms with Gasteiger partial charge in [0.05, 0.1) is 13.2 Å². The SMILES string of the molecule is CC(=O)Nc1ccc(OCCOCCOC(C)=O)cc1. The lowest BCUT2D eigenvalue weighted by Gasteiger charge is -2.08. The van der Waals surface area contributed by atoms with Gasteiger partial charge in [0.15, 0.2) is 0 Å². The zero-order chi connectivity index (χ0) is 14.8. The summed E-state index contributed by atoms with van der Waals surface area (Å²) in [7, 11) is 0. The summed E-state index contributed by atoms with van der Waals surface area (Å²) in [5, 5.41) is 2.67. The average Bonchev–Trinajstić information content (AvgIpc) is 2.38. The van der Waals surface area contributed by atoms with Gasteiger partial charge in [0, 0.05) is 19.5 Å². The van der Waals surface area contributed by atoms with E-state index in [0.29, 0.717) is 25.6 Å². The van der Waals surface area contributed by atoms with Crippen LogP contribution in [-0.4, -0.2) is 38.3 Å². The number of anilines is 1. The maximum absolute atomic E-state index is 10.8. The van der Waals surface area contributed by atoms with Crippen LogP contribution in [0.2, 0.25) is 0 Å². The molecule has 0 spiro atoms. The molecule has 0 atom stereocenters. The molecule has 0 saturated carbocycles. The quantitative estimate of drug-likeness (QED) is 0.579. The second kappa shape index (κ2) is 8.92. The molecule has 110 valence electrons. The molecule has 0 aliphatic carbocycles. The molecule has 1 amide bonds. The van der Waals surface area contributed by atoms with E-state index < -0.39 is 0 Å². The number of esters is 1. The highest BCUT2D eigenvalue weighted by atomic mass is 16.6. The molecule has 0 unspecified atom stereocenters. The number of benzene rings is 1. The van der Waals surface area contributed by atoms with Gasteiger partial charge >= 0.3 is 5.97 Å². The number of carbonyl (C=O) groups excluding carboxylic acids is 2. The molecule has 1 N–H and O–H groups in total. The van der Waals surface area contributed by atoms with Crippen LogP contribution in [0.15, 0.2) is 24.3 Å². The van der Waals surface area contributed by atoms with Crippen LogP contribution in [-0.2, 0) is 19.1 Å². The van der Waals surface area contributed by atoms with Gasteiger partial charge in [-0.15, -0.1) is 0 Å². The van der Waals surface area contributed by atoms with Crippen molar-refractivity contribution >= 4 is 17.6 Å². The molecule has 0 saturated heterocycles. The summed E-state index contributed by atoms with van der Waals surface area (Å²) in [6.07, 6.45) is 0. The Bertz CT molecular complexity index is 430. The van der Waals surface area contributed by atoms with Gasteiger partial charge in [0.2, 0.25) is 5.91 Å². The molecule has 0 bridgehead atoms. The van der Waals surface area contributed by atoms with Crippen molar-refractivity contribution in [3.8, 4) is 5.75 Å². The van der Waals surface area contributed by atoms with Crippen LogP contribution in [0.5, 0.6) is 5.75 Å². The number of hydrogen-bond donors (Lipinski definition) is 1. The predicted octanol–water partition coefficient (Wildman–Crippen LogP) is 1.60. The highest BCUT2D eigenvalue weighted by Gasteiger charge is 1.98. The average molecular weight is 281 g/mol.